The first-order chi connectivity index (χ1) is 17.0. The molecule has 0 aliphatic carbocycles. The highest BCUT2D eigenvalue weighted by molar-refractivity contribution is 6.10. The highest BCUT2D eigenvalue weighted by Gasteiger charge is 2.54. The van der Waals surface area contributed by atoms with Gasteiger partial charge in [-0.25, -0.2) is 18.2 Å². The molecule has 0 spiro atoms. The Balaban J connectivity index is 1.99. The lowest BCUT2D eigenvalue weighted by atomic mass is 9.77. The molecular weight excluding hydrogens is 467 g/mol. The minimum Gasteiger partial charge on any atom is -0.390 e. The molecule has 5 nitrogen and oxygen atoms in total. The van der Waals surface area contributed by atoms with Crippen LogP contribution in [-0.4, -0.2) is 34.4 Å². The number of hydrazone groups is 1. The summed E-state index contributed by atoms with van der Waals surface area (Å²) in [6.07, 6.45) is 4.22. The van der Waals surface area contributed by atoms with Crippen molar-refractivity contribution >= 4 is 17.3 Å². The van der Waals surface area contributed by atoms with Gasteiger partial charge >= 0.3 is 0 Å². The van der Waals surface area contributed by atoms with Gasteiger partial charge in [-0.3, -0.25) is 4.79 Å². The highest BCUT2D eigenvalue weighted by atomic mass is 19.1. The van der Waals surface area contributed by atoms with Crippen molar-refractivity contribution in [3.63, 3.8) is 0 Å². The van der Waals surface area contributed by atoms with E-state index >= 15 is 0 Å². The van der Waals surface area contributed by atoms with Crippen LogP contribution < -0.4 is 10.3 Å². The Kier molecular flexibility index (Phi) is 8.82. The largest absolute Gasteiger partial charge is 0.390 e. The summed E-state index contributed by atoms with van der Waals surface area (Å²) in [5.74, 6) is -2.53. The molecule has 36 heavy (non-hydrogen) atoms. The fourth-order valence-corrected chi connectivity index (χ4v) is 4.67. The van der Waals surface area contributed by atoms with Crippen LogP contribution >= 0.6 is 0 Å². The van der Waals surface area contributed by atoms with E-state index in [0.717, 1.165) is 37.5 Å². The van der Waals surface area contributed by atoms with Crippen LogP contribution in [0.3, 0.4) is 0 Å². The summed E-state index contributed by atoms with van der Waals surface area (Å²) in [4.78, 5) is 13.8. The molecule has 0 saturated heterocycles. The molecule has 196 valence electrons. The standard InChI is InChI=1S/C28H36F3N3O2/c1-5-6-9-22-25(19-10-12-20(29)13-11-19)33-34(24-18-21(30)14-15-23(24)31)28(22,4)26(35)32-17-8-7-16-27(2,3)36/h10-15,18,22,36H,5-9,16-17H2,1-4H3,(H,32,35). The van der Waals surface area contributed by atoms with Gasteiger partial charge in [0, 0.05) is 18.5 Å². The van der Waals surface area contributed by atoms with Gasteiger partial charge in [-0.1, -0.05) is 31.9 Å². The fraction of sp³-hybridized carbons (Fsp3) is 0.500. The molecule has 0 saturated carbocycles. The van der Waals surface area contributed by atoms with Crippen molar-refractivity contribution in [3.05, 3.63) is 65.5 Å². The molecule has 1 amide bonds. The van der Waals surface area contributed by atoms with Gasteiger partial charge in [0.25, 0.3) is 0 Å². The molecule has 0 aromatic heterocycles. The number of benzene rings is 2. The normalized spacial score (nSPS) is 19.9. The Morgan fingerprint density at radius 3 is 2.39 bits per heavy atom. The predicted octanol–water partition coefficient (Wildman–Crippen LogP) is 5.95. The molecule has 2 unspecified atom stereocenters. The molecule has 0 fully saturated rings. The number of nitrogens with zero attached hydrogens (tertiary/aromatic N) is 2. The number of nitrogens with one attached hydrogen (secondary N) is 1. The van der Waals surface area contributed by atoms with Crippen LogP contribution in [0.15, 0.2) is 47.6 Å². The number of unbranched alkanes of at least 4 members (excludes halogenated alkanes) is 2. The number of halogens is 3. The van der Waals surface area contributed by atoms with Gasteiger partial charge in [-0.2, -0.15) is 5.10 Å². The summed E-state index contributed by atoms with van der Waals surface area (Å²) in [6, 6.07) is 8.90. The van der Waals surface area contributed by atoms with Crippen LogP contribution in [0.4, 0.5) is 18.9 Å². The summed E-state index contributed by atoms with van der Waals surface area (Å²) in [5.41, 5.74) is -1.10. The molecule has 8 heteroatoms. The predicted molar refractivity (Wildman–Crippen MR) is 136 cm³/mol. The van der Waals surface area contributed by atoms with Crippen LogP contribution in [0.2, 0.25) is 0 Å². The van der Waals surface area contributed by atoms with Gasteiger partial charge in [-0.05, 0) is 76.3 Å². The van der Waals surface area contributed by atoms with E-state index in [1.165, 1.54) is 17.1 Å². The SMILES string of the molecule is CCCCC1C(c2ccc(F)cc2)=NN(c2cc(F)ccc2F)C1(C)C(=O)NCCCCC(C)(C)O. The number of hydrogen-bond donors (Lipinski definition) is 2. The number of carbonyl (C=O) groups is 1. The van der Waals surface area contributed by atoms with Crippen molar-refractivity contribution in [1.29, 1.82) is 0 Å². The quantitative estimate of drug-likeness (QED) is 0.373. The summed E-state index contributed by atoms with van der Waals surface area (Å²) in [5, 5.41) is 18.8. The van der Waals surface area contributed by atoms with Crippen molar-refractivity contribution in [2.45, 2.75) is 77.4 Å². The number of rotatable bonds is 11. The molecule has 2 aromatic carbocycles. The van der Waals surface area contributed by atoms with Crippen LogP contribution in [-0.2, 0) is 4.79 Å². The first kappa shape index (κ1) is 27.7. The zero-order chi connectivity index (χ0) is 26.5. The minimum atomic E-state index is -1.34. The molecule has 2 N–H and O–H groups in total. The number of aliphatic hydroxyl groups is 1. The molecule has 2 aromatic rings. The lowest BCUT2D eigenvalue weighted by Gasteiger charge is -2.37. The van der Waals surface area contributed by atoms with Crippen molar-refractivity contribution < 1.29 is 23.1 Å². The zero-order valence-electron chi connectivity index (χ0n) is 21.5. The summed E-state index contributed by atoms with van der Waals surface area (Å²) in [7, 11) is 0. The minimum absolute atomic E-state index is 0.131. The third kappa shape index (κ3) is 6.27. The average Bonchev–Trinajstić information content (AvgIpc) is 3.11. The van der Waals surface area contributed by atoms with Crippen molar-refractivity contribution in [1.82, 2.24) is 5.32 Å². The van der Waals surface area contributed by atoms with E-state index in [1.54, 1.807) is 32.9 Å². The van der Waals surface area contributed by atoms with Crippen molar-refractivity contribution in [2.24, 2.45) is 11.0 Å². The van der Waals surface area contributed by atoms with Crippen LogP contribution in [0.1, 0.15) is 71.8 Å². The maximum atomic E-state index is 15.0. The monoisotopic (exact) mass is 503 g/mol. The molecule has 3 rings (SSSR count). The Bertz CT molecular complexity index is 1080. The molecule has 0 radical (unpaired) electrons. The Morgan fingerprint density at radius 1 is 1.08 bits per heavy atom. The number of anilines is 1. The summed E-state index contributed by atoms with van der Waals surface area (Å²) in [6.45, 7) is 7.58. The maximum Gasteiger partial charge on any atom is 0.248 e. The summed E-state index contributed by atoms with van der Waals surface area (Å²) < 4.78 is 42.8. The van der Waals surface area contributed by atoms with Gasteiger partial charge in [0.05, 0.1) is 17.0 Å². The summed E-state index contributed by atoms with van der Waals surface area (Å²) >= 11 is 0. The molecule has 1 heterocycles. The first-order valence-electron chi connectivity index (χ1n) is 12.6. The molecule has 1 aliphatic rings. The van der Waals surface area contributed by atoms with E-state index in [9.17, 15) is 23.1 Å². The van der Waals surface area contributed by atoms with E-state index < -0.39 is 34.5 Å². The maximum absolute atomic E-state index is 15.0. The van der Waals surface area contributed by atoms with E-state index in [0.29, 0.717) is 37.1 Å². The Hall–Kier alpha value is -2.87. The second kappa shape index (κ2) is 11.5. The lowest BCUT2D eigenvalue weighted by molar-refractivity contribution is -0.126. The Morgan fingerprint density at radius 2 is 1.75 bits per heavy atom. The highest BCUT2D eigenvalue weighted by Crippen LogP contribution is 2.42. The number of amides is 1. The first-order valence-corrected chi connectivity index (χ1v) is 12.6. The lowest BCUT2D eigenvalue weighted by Crippen LogP contribution is -2.58. The molecule has 1 aliphatic heterocycles. The van der Waals surface area contributed by atoms with E-state index in [-0.39, 0.29) is 11.6 Å². The zero-order valence-corrected chi connectivity index (χ0v) is 21.5. The van der Waals surface area contributed by atoms with Gasteiger partial charge < -0.3 is 10.4 Å². The number of carbonyl (C=O) groups excluding carboxylic acids is 1. The van der Waals surface area contributed by atoms with Gasteiger partial charge in [0.1, 0.15) is 23.0 Å². The van der Waals surface area contributed by atoms with E-state index in [4.69, 9.17) is 0 Å². The van der Waals surface area contributed by atoms with E-state index in [1.807, 2.05) is 6.92 Å². The second-order valence-corrected chi connectivity index (χ2v) is 10.3. The second-order valence-electron chi connectivity index (χ2n) is 10.3. The van der Waals surface area contributed by atoms with Crippen molar-refractivity contribution in [3.8, 4) is 0 Å². The van der Waals surface area contributed by atoms with Crippen LogP contribution in [0, 0.1) is 23.4 Å². The van der Waals surface area contributed by atoms with Gasteiger partial charge in [-0.15, -0.1) is 0 Å². The Labute approximate surface area is 211 Å². The average molecular weight is 504 g/mol. The smallest absolute Gasteiger partial charge is 0.248 e. The third-order valence-electron chi connectivity index (χ3n) is 6.74. The number of hydrogen-bond acceptors (Lipinski definition) is 4. The molecule has 0 bridgehead atoms. The topological polar surface area (TPSA) is 64.9 Å². The third-order valence-corrected chi connectivity index (χ3v) is 6.74. The van der Waals surface area contributed by atoms with Crippen LogP contribution in [0.5, 0.6) is 0 Å². The molecular formula is C28H36F3N3O2. The fourth-order valence-electron chi connectivity index (χ4n) is 4.67. The van der Waals surface area contributed by atoms with Crippen LogP contribution in [0.25, 0.3) is 0 Å². The molecule has 2 atom stereocenters. The van der Waals surface area contributed by atoms with Gasteiger partial charge in [0.15, 0.2) is 0 Å². The van der Waals surface area contributed by atoms with Gasteiger partial charge in [0.2, 0.25) is 5.91 Å². The van der Waals surface area contributed by atoms with E-state index in [2.05, 4.69) is 10.4 Å². The van der Waals surface area contributed by atoms with Crippen molar-refractivity contribution in [2.75, 3.05) is 11.6 Å².